The molecule has 164 valence electrons. The average Bonchev–Trinajstić information content (AvgIpc) is 2.81. The van der Waals surface area contributed by atoms with Crippen LogP contribution in [-0.4, -0.2) is 48.1 Å². The second kappa shape index (κ2) is 9.51. The molecule has 2 aromatic carbocycles. The number of hydrogen-bond acceptors (Lipinski definition) is 5. The molecule has 1 amide bonds. The molecule has 1 aromatic heterocycles. The highest BCUT2D eigenvalue weighted by molar-refractivity contribution is 14.1. The zero-order valence-corrected chi connectivity index (χ0v) is 19.1. The van der Waals surface area contributed by atoms with Gasteiger partial charge in [0.1, 0.15) is 11.6 Å². The molecule has 3 aromatic rings. The molecule has 0 spiro atoms. The number of pyridine rings is 1. The summed E-state index contributed by atoms with van der Waals surface area (Å²) in [5.74, 6) is -1.07. The number of amides is 1. The van der Waals surface area contributed by atoms with Gasteiger partial charge in [0, 0.05) is 41.6 Å². The fraction of sp³-hybridized carbons (Fsp3) is 0.174. The van der Waals surface area contributed by atoms with Gasteiger partial charge in [0.25, 0.3) is 5.91 Å². The zero-order valence-electron chi connectivity index (χ0n) is 17.0. The Morgan fingerprint density at radius 3 is 2.19 bits per heavy atom. The summed E-state index contributed by atoms with van der Waals surface area (Å²) >= 11 is 2.01. The van der Waals surface area contributed by atoms with Crippen LogP contribution in [0.2, 0.25) is 0 Å². The Morgan fingerprint density at radius 1 is 0.938 bits per heavy atom. The highest BCUT2D eigenvalue weighted by atomic mass is 127. The molecule has 0 atom stereocenters. The van der Waals surface area contributed by atoms with Crippen molar-refractivity contribution in [3.8, 4) is 0 Å². The Hall–Kier alpha value is -3.21. The Labute approximate surface area is 198 Å². The second-order valence-electron chi connectivity index (χ2n) is 7.31. The molecule has 0 saturated carbocycles. The molecule has 2 heterocycles. The van der Waals surface area contributed by atoms with Crippen LogP contribution < -0.4 is 15.1 Å². The van der Waals surface area contributed by atoms with Crippen LogP contribution in [0, 0.1) is 9.39 Å². The number of rotatable bonds is 5. The van der Waals surface area contributed by atoms with Gasteiger partial charge in [-0.3, -0.25) is 4.79 Å². The second-order valence-corrected chi connectivity index (χ2v) is 8.56. The van der Waals surface area contributed by atoms with Gasteiger partial charge < -0.3 is 20.2 Å². The van der Waals surface area contributed by atoms with E-state index in [-0.39, 0.29) is 11.3 Å². The van der Waals surface area contributed by atoms with Gasteiger partial charge in [0.15, 0.2) is 0 Å². The smallest absolute Gasteiger partial charge is 0.335 e. The lowest BCUT2D eigenvalue weighted by molar-refractivity contribution is 0.0696. The van der Waals surface area contributed by atoms with Crippen molar-refractivity contribution in [1.29, 1.82) is 0 Å². The molecule has 1 fully saturated rings. The highest BCUT2D eigenvalue weighted by Gasteiger charge is 2.19. The van der Waals surface area contributed by atoms with Crippen LogP contribution in [0.15, 0.2) is 60.8 Å². The van der Waals surface area contributed by atoms with Gasteiger partial charge >= 0.3 is 5.97 Å². The predicted molar refractivity (Wildman–Crippen MR) is 129 cm³/mol. The quantitative estimate of drug-likeness (QED) is 0.469. The van der Waals surface area contributed by atoms with E-state index in [0.717, 1.165) is 41.3 Å². The van der Waals surface area contributed by atoms with E-state index in [0.29, 0.717) is 5.56 Å². The molecule has 32 heavy (non-hydrogen) atoms. The number of aromatic nitrogens is 1. The molecular weight excluding hydrogens is 526 g/mol. The molecule has 1 aliphatic rings. The standard InChI is InChI=1S/C23H20FIN4O3/c24-19-13-17(25)4-7-20(19)27-22(30)16-3-8-21(26-14-16)29-11-9-28(10-12-29)18-5-1-15(2-6-18)23(31)32/h1-8,13-14H,9-12H2,(H,27,30)(H,31,32). The first-order chi connectivity index (χ1) is 15.4. The molecule has 0 unspecified atom stereocenters. The Bertz CT molecular complexity index is 1130. The van der Waals surface area contributed by atoms with Crippen LogP contribution in [0.1, 0.15) is 20.7 Å². The van der Waals surface area contributed by atoms with Crippen LogP contribution >= 0.6 is 22.6 Å². The van der Waals surface area contributed by atoms with Crippen molar-refractivity contribution in [2.24, 2.45) is 0 Å². The number of hydrogen-bond donors (Lipinski definition) is 2. The third-order valence-corrected chi connectivity index (χ3v) is 5.94. The van der Waals surface area contributed by atoms with Gasteiger partial charge in [-0.15, -0.1) is 0 Å². The summed E-state index contributed by atoms with van der Waals surface area (Å²) < 4.78 is 14.7. The molecule has 2 N–H and O–H groups in total. The van der Waals surface area contributed by atoms with Gasteiger partial charge in [-0.25, -0.2) is 14.2 Å². The SMILES string of the molecule is O=C(O)c1ccc(N2CCN(c3ccc(C(=O)Nc4ccc(I)cc4F)cn3)CC2)cc1. The zero-order chi connectivity index (χ0) is 22.7. The number of carboxylic acids is 1. The largest absolute Gasteiger partial charge is 0.478 e. The van der Waals surface area contributed by atoms with Gasteiger partial charge in [-0.05, 0) is 77.2 Å². The van der Waals surface area contributed by atoms with Crippen LogP contribution in [0.25, 0.3) is 0 Å². The summed E-state index contributed by atoms with van der Waals surface area (Å²) in [4.78, 5) is 32.2. The van der Waals surface area contributed by atoms with Crippen LogP contribution in [0.3, 0.4) is 0 Å². The predicted octanol–water partition coefficient (Wildman–Crippen LogP) is 4.10. The molecule has 7 nitrogen and oxygen atoms in total. The van der Waals surface area contributed by atoms with Crippen molar-refractivity contribution >= 4 is 51.7 Å². The maximum atomic E-state index is 14.0. The number of carboxylic acid groups (broad SMARTS) is 1. The first-order valence-electron chi connectivity index (χ1n) is 9.96. The number of nitrogens with zero attached hydrogens (tertiary/aromatic N) is 3. The number of benzene rings is 2. The minimum atomic E-state index is -0.937. The lowest BCUT2D eigenvalue weighted by Gasteiger charge is -2.36. The molecule has 0 bridgehead atoms. The fourth-order valence-electron chi connectivity index (χ4n) is 3.50. The van der Waals surface area contributed by atoms with Crippen molar-refractivity contribution in [1.82, 2.24) is 4.98 Å². The summed E-state index contributed by atoms with van der Waals surface area (Å²) in [5, 5.41) is 11.6. The van der Waals surface area contributed by atoms with Crippen molar-refractivity contribution in [2.45, 2.75) is 0 Å². The monoisotopic (exact) mass is 546 g/mol. The van der Waals surface area contributed by atoms with E-state index < -0.39 is 17.7 Å². The van der Waals surface area contributed by atoms with Gasteiger partial charge in [-0.1, -0.05) is 0 Å². The molecule has 4 rings (SSSR count). The van der Waals surface area contributed by atoms with Crippen molar-refractivity contribution in [3.05, 3.63) is 81.3 Å². The molecule has 1 aliphatic heterocycles. The van der Waals surface area contributed by atoms with Gasteiger partial charge in [0.05, 0.1) is 16.8 Å². The first kappa shape index (κ1) is 22.0. The van der Waals surface area contributed by atoms with E-state index in [9.17, 15) is 14.0 Å². The minimum absolute atomic E-state index is 0.131. The Morgan fingerprint density at radius 2 is 1.59 bits per heavy atom. The third-order valence-electron chi connectivity index (χ3n) is 5.27. The maximum Gasteiger partial charge on any atom is 0.335 e. The fourth-order valence-corrected chi connectivity index (χ4v) is 3.95. The van der Waals surface area contributed by atoms with Gasteiger partial charge in [0.2, 0.25) is 0 Å². The van der Waals surface area contributed by atoms with Crippen LogP contribution in [-0.2, 0) is 0 Å². The topological polar surface area (TPSA) is 85.8 Å². The Kier molecular flexibility index (Phi) is 6.54. The summed E-state index contributed by atoms with van der Waals surface area (Å²) in [5.41, 5.74) is 1.73. The summed E-state index contributed by atoms with van der Waals surface area (Å²) in [7, 11) is 0. The van der Waals surface area contributed by atoms with E-state index in [1.54, 1.807) is 30.3 Å². The number of halogens is 2. The number of anilines is 3. The van der Waals surface area contributed by atoms with Crippen LogP contribution in [0.5, 0.6) is 0 Å². The average molecular weight is 546 g/mol. The number of nitrogens with one attached hydrogen (secondary N) is 1. The molecule has 9 heteroatoms. The molecular formula is C23H20FIN4O3. The lowest BCUT2D eigenvalue weighted by Crippen LogP contribution is -2.46. The van der Waals surface area contributed by atoms with Crippen molar-refractivity contribution in [3.63, 3.8) is 0 Å². The number of piperazine rings is 1. The van der Waals surface area contributed by atoms with E-state index >= 15 is 0 Å². The van der Waals surface area contributed by atoms with E-state index in [4.69, 9.17) is 5.11 Å². The molecule has 0 radical (unpaired) electrons. The summed E-state index contributed by atoms with van der Waals surface area (Å²) in [6.45, 7) is 3.02. The van der Waals surface area contributed by atoms with Gasteiger partial charge in [-0.2, -0.15) is 0 Å². The number of aromatic carboxylic acids is 1. The number of carbonyl (C=O) groups excluding carboxylic acids is 1. The van der Waals surface area contributed by atoms with E-state index in [1.165, 1.54) is 18.3 Å². The Balaban J connectivity index is 1.35. The third kappa shape index (κ3) is 4.98. The number of carbonyl (C=O) groups is 2. The van der Waals surface area contributed by atoms with Crippen LogP contribution in [0.4, 0.5) is 21.6 Å². The van der Waals surface area contributed by atoms with Crippen molar-refractivity contribution in [2.75, 3.05) is 41.3 Å². The minimum Gasteiger partial charge on any atom is -0.478 e. The molecule has 0 aliphatic carbocycles. The normalized spacial score (nSPS) is 13.7. The van der Waals surface area contributed by atoms with Crippen molar-refractivity contribution < 1.29 is 19.1 Å². The summed E-state index contributed by atoms with van der Waals surface area (Å²) in [6, 6.07) is 14.9. The lowest BCUT2D eigenvalue weighted by atomic mass is 10.2. The summed E-state index contributed by atoms with van der Waals surface area (Å²) in [6.07, 6.45) is 1.49. The van der Waals surface area contributed by atoms with E-state index in [2.05, 4.69) is 20.1 Å². The maximum absolute atomic E-state index is 14.0. The molecule has 1 saturated heterocycles. The highest BCUT2D eigenvalue weighted by Crippen LogP contribution is 2.21. The van der Waals surface area contributed by atoms with E-state index in [1.807, 2.05) is 34.7 Å². The first-order valence-corrected chi connectivity index (χ1v) is 11.0.